The maximum Gasteiger partial charge on any atom is 0.353 e. The van der Waals surface area contributed by atoms with Crippen molar-refractivity contribution in [1.82, 2.24) is 21.5 Å². The lowest BCUT2D eigenvalue weighted by molar-refractivity contribution is 0.102. The summed E-state index contributed by atoms with van der Waals surface area (Å²) in [4.78, 5) is 30.1. The highest BCUT2D eigenvalue weighted by Crippen LogP contribution is 2.37. The Hall–Kier alpha value is -3.24. The first kappa shape index (κ1) is 20.7. The van der Waals surface area contributed by atoms with Crippen molar-refractivity contribution in [3.05, 3.63) is 75.0 Å². The number of hydrogen-bond donors (Lipinski definition) is 5. The van der Waals surface area contributed by atoms with E-state index < -0.39 is 5.91 Å². The van der Waals surface area contributed by atoms with Crippen molar-refractivity contribution in [3.8, 4) is 0 Å². The molecule has 3 amide bonds. The molecule has 0 atom stereocenters. The molecule has 11 heteroatoms. The van der Waals surface area contributed by atoms with Gasteiger partial charge in [-0.2, -0.15) is 0 Å². The maximum absolute atomic E-state index is 13.0. The van der Waals surface area contributed by atoms with Gasteiger partial charge in [0.25, 0.3) is 5.91 Å². The predicted molar refractivity (Wildman–Crippen MR) is 124 cm³/mol. The van der Waals surface area contributed by atoms with E-state index in [1.807, 2.05) is 18.2 Å². The molecule has 2 aliphatic rings. The molecule has 5 rings (SSSR count). The molecular weight excluding hydrogens is 453 g/mol. The van der Waals surface area contributed by atoms with Gasteiger partial charge in [-0.1, -0.05) is 47.5 Å². The molecule has 5 N–H and O–H groups in total. The lowest BCUT2D eigenvalue weighted by atomic mass is 10.1. The van der Waals surface area contributed by atoms with Crippen molar-refractivity contribution in [2.45, 2.75) is 20.0 Å². The number of rotatable bonds is 4. The van der Waals surface area contributed by atoms with E-state index in [9.17, 15) is 9.59 Å². The number of fused-ring (bicyclic) bond motifs is 1. The molecule has 0 saturated carbocycles. The highest BCUT2D eigenvalue weighted by molar-refractivity contribution is 6.44. The first-order valence-corrected chi connectivity index (χ1v) is 10.6. The smallest absolute Gasteiger partial charge is 0.353 e. The molecule has 164 valence electrons. The van der Waals surface area contributed by atoms with E-state index in [1.165, 1.54) is 16.1 Å². The molecule has 3 heterocycles. The number of H-pyrrole nitrogens is 1. The van der Waals surface area contributed by atoms with E-state index in [2.05, 4.69) is 43.8 Å². The van der Waals surface area contributed by atoms with Crippen LogP contribution in [0.4, 0.5) is 21.9 Å². The highest BCUT2D eigenvalue weighted by Gasteiger charge is 2.27. The summed E-state index contributed by atoms with van der Waals surface area (Å²) in [6, 6.07) is 13.2. The van der Waals surface area contributed by atoms with Gasteiger partial charge in [0.1, 0.15) is 5.69 Å². The summed E-state index contributed by atoms with van der Waals surface area (Å²) >= 11 is 12.4. The largest absolute Gasteiger partial charge is 0.361 e. The molecule has 9 nitrogen and oxygen atoms in total. The standard InChI is InChI=1S/C21H19Cl2N7O2/c1-11-17(22)18(23)19(24-11)20(31)25-15-7-6-14(30-21(32)26-27-28-30)8-16(15)29-9-12-4-2-3-5-13(12)10-29/h2-8,24,27-28H,9-10H2,1H3,(H,25,31)(H,26,32). The Bertz CT molecular complexity index is 1220. The number of nitrogens with one attached hydrogen (secondary N) is 5. The number of hydrazine groups is 3. The number of benzene rings is 2. The van der Waals surface area contributed by atoms with Crippen LogP contribution in [0.2, 0.25) is 10.0 Å². The van der Waals surface area contributed by atoms with Gasteiger partial charge >= 0.3 is 6.03 Å². The molecule has 1 saturated heterocycles. The van der Waals surface area contributed by atoms with E-state index >= 15 is 0 Å². The second-order valence-corrected chi connectivity index (χ2v) is 8.29. The van der Waals surface area contributed by atoms with Crippen LogP contribution < -0.4 is 31.7 Å². The number of carbonyl (C=O) groups excluding carboxylic acids is 2. The number of nitrogens with zero attached hydrogens (tertiary/aromatic N) is 2. The Morgan fingerprint density at radius 1 is 1.06 bits per heavy atom. The van der Waals surface area contributed by atoms with Gasteiger partial charge in [0.05, 0.1) is 27.1 Å². The average molecular weight is 472 g/mol. The van der Waals surface area contributed by atoms with Crippen molar-refractivity contribution in [3.63, 3.8) is 0 Å². The highest BCUT2D eigenvalue weighted by atomic mass is 35.5. The number of amides is 3. The zero-order chi connectivity index (χ0) is 22.4. The molecule has 1 aromatic heterocycles. The van der Waals surface area contributed by atoms with Crippen molar-refractivity contribution >= 4 is 52.2 Å². The Morgan fingerprint density at radius 2 is 1.78 bits per heavy atom. The maximum atomic E-state index is 13.0. The number of anilines is 3. The van der Waals surface area contributed by atoms with Crippen LogP contribution in [-0.2, 0) is 13.1 Å². The third kappa shape index (κ3) is 3.55. The SMILES string of the molecule is Cc1[nH]c(C(=O)Nc2ccc(N3NNNC3=O)cc2N2Cc3ccccc3C2)c(Cl)c1Cl. The Kier molecular flexibility index (Phi) is 5.18. The number of hydrogen-bond acceptors (Lipinski definition) is 5. The van der Waals surface area contributed by atoms with Crippen LogP contribution in [0.5, 0.6) is 0 Å². The zero-order valence-corrected chi connectivity index (χ0v) is 18.4. The average Bonchev–Trinajstić information content (AvgIpc) is 3.48. The molecule has 3 aromatic rings. The summed E-state index contributed by atoms with van der Waals surface area (Å²) in [5.41, 5.74) is 13.0. The van der Waals surface area contributed by atoms with Gasteiger partial charge in [-0.3, -0.25) is 10.2 Å². The van der Waals surface area contributed by atoms with E-state index in [0.717, 1.165) is 5.69 Å². The summed E-state index contributed by atoms with van der Waals surface area (Å²) < 4.78 is 0. The molecule has 2 aliphatic heterocycles. The van der Waals surface area contributed by atoms with Crippen LogP contribution in [0.15, 0.2) is 42.5 Å². The first-order valence-electron chi connectivity index (χ1n) is 9.84. The van der Waals surface area contributed by atoms with Crippen molar-refractivity contribution in [2.24, 2.45) is 0 Å². The molecule has 0 spiro atoms. The van der Waals surface area contributed by atoms with Crippen molar-refractivity contribution < 1.29 is 9.59 Å². The molecule has 0 radical (unpaired) electrons. The van der Waals surface area contributed by atoms with Crippen LogP contribution in [0.25, 0.3) is 0 Å². The molecule has 1 fully saturated rings. The molecule has 2 aromatic carbocycles. The summed E-state index contributed by atoms with van der Waals surface area (Å²) in [6.07, 6.45) is 0. The number of halogens is 2. The summed E-state index contributed by atoms with van der Waals surface area (Å²) in [5.74, 6) is -0.408. The van der Waals surface area contributed by atoms with Gasteiger partial charge in [0, 0.05) is 18.8 Å². The topological polar surface area (TPSA) is 105 Å². The lowest BCUT2D eigenvalue weighted by Crippen LogP contribution is -2.37. The van der Waals surface area contributed by atoms with Crippen LogP contribution in [0, 0.1) is 6.92 Å². The fourth-order valence-electron chi connectivity index (χ4n) is 3.87. The van der Waals surface area contributed by atoms with Gasteiger partial charge in [-0.15, -0.1) is 11.1 Å². The normalized spacial score (nSPS) is 15.2. The van der Waals surface area contributed by atoms with Gasteiger partial charge in [-0.25, -0.2) is 9.80 Å². The van der Waals surface area contributed by atoms with Crippen molar-refractivity contribution in [2.75, 3.05) is 15.2 Å². The second-order valence-electron chi connectivity index (χ2n) is 7.54. The van der Waals surface area contributed by atoms with Crippen LogP contribution in [0.3, 0.4) is 0 Å². The van der Waals surface area contributed by atoms with Gasteiger partial charge in [0.2, 0.25) is 0 Å². The van der Waals surface area contributed by atoms with E-state index in [1.54, 1.807) is 19.1 Å². The number of carbonyl (C=O) groups is 2. The van der Waals surface area contributed by atoms with Gasteiger partial charge in [-0.05, 0) is 36.2 Å². The fourth-order valence-corrected chi connectivity index (χ4v) is 4.29. The quantitative estimate of drug-likeness (QED) is 0.397. The van der Waals surface area contributed by atoms with E-state index in [4.69, 9.17) is 23.2 Å². The first-order chi connectivity index (χ1) is 15.4. The second kappa shape index (κ2) is 8.03. The van der Waals surface area contributed by atoms with Crippen molar-refractivity contribution in [1.29, 1.82) is 0 Å². The number of urea groups is 1. The van der Waals surface area contributed by atoms with E-state index in [-0.39, 0.29) is 16.7 Å². The third-order valence-corrected chi connectivity index (χ3v) is 6.44. The molecule has 0 aliphatic carbocycles. The predicted octanol–water partition coefficient (Wildman–Crippen LogP) is 3.86. The Morgan fingerprint density at radius 3 is 2.38 bits per heavy atom. The summed E-state index contributed by atoms with van der Waals surface area (Å²) in [7, 11) is 0. The minimum Gasteiger partial charge on any atom is -0.361 e. The third-order valence-electron chi connectivity index (χ3n) is 5.49. The lowest BCUT2D eigenvalue weighted by Gasteiger charge is -2.24. The molecule has 32 heavy (non-hydrogen) atoms. The minimum absolute atomic E-state index is 0.178. The molecular formula is C21H19Cl2N7O2. The van der Waals surface area contributed by atoms with Crippen LogP contribution in [-0.4, -0.2) is 16.9 Å². The molecule has 0 unspecified atom stereocenters. The minimum atomic E-state index is -0.408. The Labute approximate surface area is 193 Å². The van der Waals surface area contributed by atoms with Crippen LogP contribution in [0.1, 0.15) is 27.3 Å². The van der Waals surface area contributed by atoms with Crippen LogP contribution >= 0.6 is 23.2 Å². The zero-order valence-electron chi connectivity index (χ0n) is 16.9. The van der Waals surface area contributed by atoms with E-state index in [0.29, 0.717) is 35.2 Å². The summed E-state index contributed by atoms with van der Waals surface area (Å²) in [5, 5.41) is 4.77. The number of aryl methyl sites for hydroxylation is 1. The number of aromatic nitrogens is 1. The molecule has 0 bridgehead atoms. The van der Waals surface area contributed by atoms with Gasteiger partial charge in [0.15, 0.2) is 0 Å². The fraction of sp³-hybridized carbons (Fsp3) is 0.143. The number of aromatic amines is 1. The summed E-state index contributed by atoms with van der Waals surface area (Å²) in [6.45, 7) is 3.10. The monoisotopic (exact) mass is 471 g/mol. The van der Waals surface area contributed by atoms with Gasteiger partial charge < -0.3 is 15.2 Å². The Balaban J connectivity index is 1.51.